The summed E-state index contributed by atoms with van der Waals surface area (Å²) >= 11 is 0. The fourth-order valence-electron chi connectivity index (χ4n) is 9.45. The first-order valence-electron chi connectivity index (χ1n) is 18.2. The predicted octanol–water partition coefficient (Wildman–Crippen LogP) is 6.27. The number of fused-ring (bicyclic) bond motifs is 4. The molecule has 0 aromatic heterocycles. The summed E-state index contributed by atoms with van der Waals surface area (Å²) < 4.78 is 17.7. The number of nitrogens with zero attached hydrogens (tertiary/aromatic N) is 2. The van der Waals surface area contributed by atoms with Gasteiger partial charge < -0.3 is 29.5 Å². The van der Waals surface area contributed by atoms with Gasteiger partial charge in [-0.1, -0.05) is 91.0 Å². The van der Waals surface area contributed by atoms with Crippen LogP contribution >= 0.6 is 0 Å². The molecule has 2 fully saturated rings. The Kier molecular flexibility index (Phi) is 8.15. The quantitative estimate of drug-likeness (QED) is 0.197. The third kappa shape index (κ3) is 5.00. The minimum absolute atomic E-state index is 0.0603. The first kappa shape index (κ1) is 33.7. The van der Waals surface area contributed by atoms with E-state index in [2.05, 4.69) is 10.2 Å². The Labute approximate surface area is 312 Å². The van der Waals surface area contributed by atoms with Crippen molar-refractivity contribution in [1.29, 1.82) is 0 Å². The van der Waals surface area contributed by atoms with E-state index in [1.165, 1.54) is 0 Å². The highest BCUT2D eigenvalue weighted by Crippen LogP contribution is 2.65. The van der Waals surface area contributed by atoms with Crippen LogP contribution in [0.25, 0.3) is 0 Å². The maximum absolute atomic E-state index is 15.6. The fourth-order valence-corrected chi connectivity index (χ4v) is 9.45. The van der Waals surface area contributed by atoms with E-state index in [0.717, 1.165) is 22.3 Å². The number of anilines is 1. The lowest BCUT2D eigenvalue weighted by atomic mass is 9.65. The molecule has 9 rings (SSSR count). The number of carbonyl (C=O) groups is 3. The van der Waals surface area contributed by atoms with Crippen molar-refractivity contribution in [3.63, 3.8) is 0 Å². The number of phenolic OH excluding ortho intramolecular Hbond substituents is 1. The highest BCUT2D eigenvalue weighted by atomic mass is 16.6. The lowest BCUT2D eigenvalue weighted by Crippen LogP contribution is -2.56. The number of amides is 2. The molecule has 10 nitrogen and oxygen atoms in total. The maximum Gasteiger partial charge on any atom is 0.324 e. The first-order chi connectivity index (χ1) is 26.3. The molecular formula is C44H39N3O7. The number of morpholine rings is 1. The Bertz CT molecular complexity index is 2260. The van der Waals surface area contributed by atoms with Crippen molar-refractivity contribution in [2.24, 2.45) is 5.92 Å². The number of carbonyl (C=O) groups excluding carboxylic acids is 3. The average molecular weight is 722 g/mol. The molecule has 54 heavy (non-hydrogen) atoms. The van der Waals surface area contributed by atoms with Crippen LogP contribution in [-0.4, -0.2) is 59.5 Å². The molecule has 10 heteroatoms. The summed E-state index contributed by atoms with van der Waals surface area (Å²) in [6.45, 7) is 0.627. The van der Waals surface area contributed by atoms with Gasteiger partial charge in [-0.2, -0.15) is 0 Å². The van der Waals surface area contributed by atoms with Gasteiger partial charge in [0.05, 0.1) is 32.2 Å². The number of ether oxygens (including phenoxy) is 3. The second kappa shape index (κ2) is 13.1. The lowest BCUT2D eigenvalue weighted by molar-refractivity contribution is -0.179. The van der Waals surface area contributed by atoms with Gasteiger partial charge >= 0.3 is 5.97 Å². The molecule has 5 aromatic rings. The van der Waals surface area contributed by atoms with Crippen molar-refractivity contribution in [1.82, 2.24) is 9.80 Å². The number of hydrogen-bond acceptors (Lipinski definition) is 8. The molecule has 0 saturated carbocycles. The topological polar surface area (TPSA) is 118 Å². The Morgan fingerprint density at radius 2 is 1.41 bits per heavy atom. The Balaban J connectivity index is 1.28. The summed E-state index contributed by atoms with van der Waals surface area (Å²) in [6.07, 6.45) is -0.209. The van der Waals surface area contributed by atoms with Gasteiger partial charge in [0.2, 0.25) is 11.8 Å². The van der Waals surface area contributed by atoms with Gasteiger partial charge in [0.1, 0.15) is 23.3 Å². The van der Waals surface area contributed by atoms with Gasteiger partial charge in [0, 0.05) is 18.8 Å². The zero-order valence-corrected chi connectivity index (χ0v) is 29.8. The molecule has 0 radical (unpaired) electrons. The van der Waals surface area contributed by atoms with Crippen LogP contribution in [0.4, 0.5) is 5.69 Å². The molecule has 0 unspecified atom stereocenters. The third-order valence-corrected chi connectivity index (χ3v) is 11.7. The number of rotatable bonds is 6. The Morgan fingerprint density at radius 3 is 2.09 bits per heavy atom. The van der Waals surface area contributed by atoms with Crippen molar-refractivity contribution in [3.05, 3.63) is 155 Å². The molecule has 2 amide bonds. The molecule has 4 aliphatic rings. The number of benzene rings is 5. The van der Waals surface area contributed by atoms with Crippen molar-refractivity contribution in [2.75, 3.05) is 26.1 Å². The summed E-state index contributed by atoms with van der Waals surface area (Å²) in [5.74, 6) is -1.21. The largest absolute Gasteiger partial charge is 0.508 e. The van der Waals surface area contributed by atoms with Crippen molar-refractivity contribution in [2.45, 2.75) is 42.6 Å². The monoisotopic (exact) mass is 721 g/mol. The van der Waals surface area contributed by atoms with Crippen LogP contribution in [0.15, 0.2) is 121 Å². The van der Waals surface area contributed by atoms with Crippen LogP contribution in [0.2, 0.25) is 0 Å². The smallest absolute Gasteiger partial charge is 0.324 e. The minimum Gasteiger partial charge on any atom is -0.508 e. The molecule has 0 aliphatic carbocycles. The summed E-state index contributed by atoms with van der Waals surface area (Å²) in [6, 6.07) is 34.9. The van der Waals surface area contributed by atoms with Crippen molar-refractivity contribution >= 4 is 23.5 Å². The van der Waals surface area contributed by atoms with Crippen LogP contribution in [0.5, 0.6) is 17.2 Å². The fraction of sp³-hybridized carbons (Fsp3) is 0.250. The number of phenols is 1. The van der Waals surface area contributed by atoms with Gasteiger partial charge in [-0.25, -0.2) is 0 Å². The van der Waals surface area contributed by atoms with Crippen LogP contribution in [0.3, 0.4) is 0 Å². The third-order valence-electron chi connectivity index (χ3n) is 11.7. The van der Waals surface area contributed by atoms with E-state index < -0.39 is 41.5 Å². The second-order valence-corrected chi connectivity index (χ2v) is 14.3. The molecule has 2 N–H and O–H groups in total. The summed E-state index contributed by atoms with van der Waals surface area (Å²) in [7, 11) is 3.17. The highest BCUT2D eigenvalue weighted by Gasteiger charge is 2.74. The number of nitrogens with one attached hydrogen (secondary N) is 1. The SMILES string of the molecule is COc1cc2c(cc1OC)CN(C(=O)[C@H]1[C@@H]3C(=O)O[C@@H](c4ccccc4)[C@@H](c4ccccc4)N3[C@@H](c3ccc(O)cc3)[C@]13C(=O)Nc1ccccc13)CC2. The normalized spacial score (nSPS) is 25.7. The highest BCUT2D eigenvalue weighted by molar-refractivity contribution is 6.12. The summed E-state index contributed by atoms with van der Waals surface area (Å²) in [4.78, 5) is 49.6. The number of cyclic esters (lactones) is 1. The van der Waals surface area contributed by atoms with Gasteiger partial charge in [0.25, 0.3) is 0 Å². The molecular weight excluding hydrogens is 682 g/mol. The van der Waals surface area contributed by atoms with Gasteiger partial charge in [-0.05, 0) is 70.1 Å². The van der Waals surface area contributed by atoms with Gasteiger partial charge in [-0.15, -0.1) is 0 Å². The molecule has 1 spiro atoms. The Morgan fingerprint density at radius 1 is 0.778 bits per heavy atom. The number of methoxy groups -OCH3 is 2. The van der Waals surface area contributed by atoms with E-state index in [1.807, 2.05) is 97.1 Å². The molecule has 6 atom stereocenters. The van der Waals surface area contributed by atoms with Crippen molar-refractivity contribution < 1.29 is 33.7 Å². The van der Waals surface area contributed by atoms with E-state index in [1.54, 1.807) is 43.4 Å². The second-order valence-electron chi connectivity index (χ2n) is 14.3. The first-order valence-corrected chi connectivity index (χ1v) is 18.2. The zero-order chi connectivity index (χ0) is 37.1. The van der Waals surface area contributed by atoms with E-state index in [9.17, 15) is 9.90 Å². The van der Waals surface area contributed by atoms with E-state index in [0.29, 0.717) is 41.3 Å². The average Bonchev–Trinajstić information content (AvgIpc) is 3.69. The maximum atomic E-state index is 15.6. The number of para-hydroxylation sites is 1. The number of esters is 1. The molecule has 272 valence electrons. The zero-order valence-electron chi connectivity index (χ0n) is 29.8. The van der Waals surface area contributed by atoms with Crippen LogP contribution in [0, 0.1) is 5.92 Å². The number of hydrogen-bond donors (Lipinski definition) is 2. The molecule has 4 heterocycles. The molecule has 2 saturated heterocycles. The van der Waals surface area contributed by atoms with Gasteiger partial charge in [-0.3, -0.25) is 19.3 Å². The van der Waals surface area contributed by atoms with Crippen LogP contribution in [0.1, 0.15) is 51.6 Å². The summed E-state index contributed by atoms with van der Waals surface area (Å²) in [5, 5.41) is 13.6. The van der Waals surface area contributed by atoms with Crippen molar-refractivity contribution in [3.8, 4) is 17.2 Å². The Hall–Kier alpha value is -6.13. The molecule has 4 aliphatic heterocycles. The molecule has 0 bridgehead atoms. The van der Waals surface area contributed by atoms with E-state index in [4.69, 9.17) is 14.2 Å². The summed E-state index contributed by atoms with van der Waals surface area (Å²) in [5.41, 5.74) is 3.95. The predicted molar refractivity (Wildman–Crippen MR) is 200 cm³/mol. The van der Waals surface area contributed by atoms with Crippen LogP contribution < -0.4 is 14.8 Å². The molecule has 5 aromatic carbocycles. The van der Waals surface area contributed by atoms with E-state index in [-0.39, 0.29) is 24.1 Å². The number of aromatic hydroxyl groups is 1. The minimum atomic E-state index is -1.56. The lowest BCUT2D eigenvalue weighted by Gasteiger charge is -2.46. The van der Waals surface area contributed by atoms with Gasteiger partial charge in [0.15, 0.2) is 11.5 Å². The van der Waals surface area contributed by atoms with E-state index >= 15 is 9.59 Å². The standard InChI is InChI=1S/C44H39N3O7/c1-52-34-23-29-21-22-46(25-30(29)24-35(34)53-2)41(49)36-38-42(50)54-39(27-13-7-4-8-14-27)37(26-11-5-3-6-12-26)47(38)40(28-17-19-31(48)20-18-28)44(36)32-15-9-10-16-33(32)45-43(44)51/h3-20,23-24,36-40,48H,21-22,25H2,1-2H3,(H,45,51)/t36-,37-,38-,39+,40+,44-/m1/s1. The van der Waals surface area contributed by atoms with Crippen LogP contribution in [-0.2, 0) is 37.5 Å².